The molecule has 1 aliphatic carbocycles. The molecule has 2 nitrogen and oxygen atoms in total. The molecule has 0 saturated heterocycles. The van der Waals surface area contributed by atoms with Crippen LogP contribution in [0.3, 0.4) is 0 Å². The normalized spacial score (nSPS) is 28.0. The first-order chi connectivity index (χ1) is 7.21. The van der Waals surface area contributed by atoms with Crippen molar-refractivity contribution < 1.29 is 5.11 Å². The van der Waals surface area contributed by atoms with E-state index in [0.29, 0.717) is 12.3 Å². The summed E-state index contributed by atoms with van der Waals surface area (Å²) in [5, 5.41) is 9.08. The van der Waals surface area contributed by atoms with Gasteiger partial charge in [0.25, 0.3) is 0 Å². The summed E-state index contributed by atoms with van der Waals surface area (Å²) in [4.78, 5) is 4.46. The van der Waals surface area contributed by atoms with Crippen LogP contribution in [0.2, 0.25) is 0 Å². The predicted molar refractivity (Wildman–Crippen MR) is 62.8 cm³/mol. The Morgan fingerprint density at radius 3 is 2.87 bits per heavy atom. The van der Waals surface area contributed by atoms with E-state index in [2.05, 4.69) is 37.1 Å². The van der Waals surface area contributed by atoms with Crippen LogP contribution in [0.4, 0.5) is 0 Å². The number of hydrogen-bond acceptors (Lipinski definition) is 2. The lowest BCUT2D eigenvalue weighted by atomic mass is 9.67. The van der Waals surface area contributed by atoms with Crippen molar-refractivity contribution >= 4 is 5.71 Å². The minimum atomic E-state index is -0.0581. The standard InChI is InChI=1S/C13H17NO/c1-10(2)13-7-4-3-5-12(13)14-9-11(13)6-8-15/h3-5,7,9-10,15H,6,8H2,1-2H3/t13-/m0/s1. The molecule has 1 aliphatic heterocycles. The van der Waals surface area contributed by atoms with Gasteiger partial charge in [-0.15, -0.1) is 0 Å². The Bertz CT molecular complexity index is 374. The molecule has 2 aliphatic rings. The highest BCUT2D eigenvalue weighted by atomic mass is 16.3. The number of nitrogens with zero attached hydrogens (tertiary/aromatic N) is 1. The van der Waals surface area contributed by atoms with Crippen LogP contribution in [0.25, 0.3) is 0 Å². The molecule has 0 spiro atoms. The average molecular weight is 203 g/mol. The van der Waals surface area contributed by atoms with Gasteiger partial charge in [-0.1, -0.05) is 32.1 Å². The minimum absolute atomic E-state index is 0.0581. The van der Waals surface area contributed by atoms with Crippen molar-refractivity contribution in [3.63, 3.8) is 0 Å². The fourth-order valence-corrected chi connectivity index (χ4v) is 2.50. The summed E-state index contributed by atoms with van der Waals surface area (Å²) in [6.07, 6.45) is 11.0. The van der Waals surface area contributed by atoms with Crippen molar-refractivity contribution in [2.75, 3.05) is 6.61 Å². The maximum Gasteiger partial charge on any atom is 0.0559 e. The zero-order valence-electron chi connectivity index (χ0n) is 9.27. The first-order valence-corrected chi connectivity index (χ1v) is 5.46. The molecule has 15 heavy (non-hydrogen) atoms. The second-order valence-electron chi connectivity index (χ2n) is 4.38. The molecule has 0 aromatic carbocycles. The summed E-state index contributed by atoms with van der Waals surface area (Å²) in [7, 11) is 0. The Labute approximate surface area is 90.7 Å². The van der Waals surface area contributed by atoms with Crippen LogP contribution in [0, 0.1) is 11.3 Å². The number of aliphatic imine (C=N–C) groups is 1. The Morgan fingerprint density at radius 1 is 1.40 bits per heavy atom. The molecule has 0 radical (unpaired) electrons. The van der Waals surface area contributed by atoms with E-state index in [4.69, 9.17) is 5.11 Å². The Balaban J connectivity index is 2.41. The van der Waals surface area contributed by atoms with Gasteiger partial charge in [0.15, 0.2) is 0 Å². The van der Waals surface area contributed by atoms with Crippen molar-refractivity contribution in [3.8, 4) is 0 Å². The highest BCUT2D eigenvalue weighted by molar-refractivity contribution is 6.06. The molecule has 0 amide bonds. The zero-order valence-corrected chi connectivity index (χ0v) is 9.27. The third kappa shape index (κ3) is 1.40. The van der Waals surface area contributed by atoms with Crippen molar-refractivity contribution in [2.45, 2.75) is 20.3 Å². The molecule has 2 rings (SSSR count). The molecule has 0 saturated carbocycles. The molecule has 80 valence electrons. The van der Waals surface area contributed by atoms with Gasteiger partial charge in [0.1, 0.15) is 0 Å². The van der Waals surface area contributed by atoms with Crippen LogP contribution in [-0.2, 0) is 0 Å². The van der Waals surface area contributed by atoms with Crippen molar-refractivity contribution in [1.29, 1.82) is 0 Å². The van der Waals surface area contributed by atoms with E-state index in [-0.39, 0.29) is 12.0 Å². The van der Waals surface area contributed by atoms with Crippen molar-refractivity contribution in [3.05, 3.63) is 36.1 Å². The van der Waals surface area contributed by atoms with E-state index in [9.17, 15) is 0 Å². The first-order valence-electron chi connectivity index (χ1n) is 5.46. The van der Waals surface area contributed by atoms with E-state index >= 15 is 0 Å². The Hall–Kier alpha value is -1.15. The van der Waals surface area contributed by atoms with E-state index in [1.54, 1.807) is 0 Å². The van der Waals surface area contributed by atoms with E-state index in [1.165, 1.54) is 5.57 Å². The molecular formula is C13H17NO. The van der Waals surface area contributed by atoms with E-state index in [1.807, 2.05) is 12.3 Å². The Kier molecular flexibility index (Phi) is 2.61. The molecule has 1 heterocycles. The zero-order chi connectivity index (χ0) is 10.9. The van der Waals surface area contributed by atoms with Gasteiger partial charge in [-0.2, -0.15) is 0 Å². The highest BCUT2D eigenvalue weighted by Gasteiger charge is 2.42. The molecule has 1 atom stereocenters. The van der Waals surface area contributed by atoms with Gasteiger partial charge < -0.3 is 5.11 Å². The average Bonchev–Trinajstić information content (AvgIpc) is 2.60. The maximum absolute atomic E-state index is 9.08. The van der Waals surface area contributed by atoms with Crippen LogP contribution >= 0.6 is 0 Å². The largest absolute Gasteiger partial charge is 0.396 e. The lowest BCUT2D eigenvalue weighted by Crippen LogP contribution is -2.34. The van der Waals surface area contributed by atoms with E-state index in [0.717, 1.165) is 5.71 Å². The monoisotopic (exact) mass is 203 g/mol. The van der Waals surface area contributed by atoms with Crippen LogP contribution in [-0.4, -0.2) is 17.4 Å². The molecule has 1 N–H and O–H groups in total. The van der Waals surface area contributed by atoms with Crippen LogP contribution in [0.1, 0.15) is 20.3 Å². The molecule has 0 bridgehead atoms. The minimum Gasteiger partial charge on any atom is -0.396 e. The van der Waals surface area contributed by atoms with Crippen LogP contribution in [0.15, 0.2) is 41.1 Å². The van der Waals surface area contributed by atoms with E-state index < -0.39 is 0 Å². The lowest BCUT2D eigenvalue weighted by molar-refractivity contribution is 0.288. The maximum atomic E-state index is 9.08. The third-order valence-corrected chi connectivity index (χ3v) is 3.33. The molecule has 2 heteroatoms. The SMILES string of the molecule is CC(C)[C@]12C=CC=CC1=NC=C2CCO. The number of hydrogen-bond donors (Lipinski definition) is 1. The van der Waals surface area contributed by atoms with Gasteiger partial charge in [-0.3, -0.25) is 4.99 Å². The van der Waals surface area contributed by atoms with Gasteiger partial charge in [0.2, 0.25) is 0 Å². The molecular weight excluding hydrogens is 186 g/mol. The van der Waals surface area contributed by atoms with Crippen molar-refractivity contribution in [2.24, 2.45) is 16.3 Å². The van der Waals surface area contributed by atoms with Crippen molar-refractivity contribution in [1.82, 2.24) is 0 Å². The fourth-order valence-electron chi connectivity index (χ4n) is 2.50. The van der Waals surface area contributed by atoms with Gasteiger partial charge in [0.05, 0.1) is 11.1 Å². The van der Waals surface area contributed by atoms with Crippen LogP contribution in [0.5, 0.6) is 0 Å². The lowest BCUT2D eigenvalue weighted by Gasteiger charge is -2.35. The predicted octanol–water partition coefficient (Wildman–Crippen LogP) is 2.48. The molecule has 0 aromatic heterocycles. The highest BCUT2D eigenvalue weighted by Crippen LogP contribution is 2.45. The number of aliphatic hydroxyl groups is 1. The third-order valence-electron chi connectivity index (χ3n) is 3.33. The summed E-state index contributed by atoms with van der Waals surface area (Å²) < 4.78 is 0. The smallest absolute Gasteiger partial charge is 0.0559 e. The van der Waals surface area contributed by atoms with Gasteiger partial charge in [-0.05, 0) is 24.0 Å². The topological polar surface area (TPSA) is 32.6 Å². The van der Waals surface area contributed by atoms with Gasteiger partial charge in [0, 0.05) is 12.8 Å². The summed E-state index contributed by atoms with van der Waals surface area (Å²) in [6, 6.07) is 0. The number of rotatable bonds is 3. The summed E-state index contributed by atoms with van der Waals surface area (Å²) in [5.41, 5.74) is 2.29. The molecule has 0 unspecified atom stereocenters. The summed E-state index contributed by atoms with van der Waals surface area (Å²) in [6.45, 7) is 4.60. The van der Waals surface area contributed by atoms with Gasteiger partial charge >= 0.3 is 0 Å². The summed E-state index contributed by atoms with van der Waals surface area (Å²) >= 11 is 0. The Morgan fingerprint density at radius 2 is 2.20 bits per heavy atom. The molecule has 0 aromatic rings. The first kappa shape index (κ1) is 10.4. The second-order valence-corrected chi connectivity index (χ2v) is 4.38. The van der Waals surface area contributed by atoms with Gasteiger partial charge in [-0.25, -0.2) is 0 Å². The number of fused-ring (bicyclic) bond motifs is 1. The quantitative estimate of drug-likeness (QED) is 0.751. The van der Waals surface area contributed by atoms with Crippen LogP contribution < -0.4 is 0 Å². The summed E-state index contributed by atoms with van der Waals surface area (Å²) in [5.74, 6) is 0.470. The fraction of sp³-hybridized carbons (Fsp3) is 0.462. The number of allylic oxidation sites excluding steroid dienone is 4. The second kappa shape index (κ2) is 3.78. The number of aliphatic hydroxyl groups excluding tert-OH is 1. The molecule has 0 fully saturated rings.